The van der Waals surface area contributed by atoms with Crippen molar-refractivity contribution in [2.75, 3.05) is 17.6 Å². The third-order valence-electron chi connectivity index (χ3n) is 3.28. The van der Waals surface area contributed by atoms with E-state index in [1.54, 1.807) is 12.3 Å². The molecule has 23 heavy (non-hydrogen) atoms. The predicted octanol–water partition coefficient (Wildman–Crippen LogP) is 1.40. The van der Waals surface area contributed by atoms with Crippen LogP contribution in [0, 0.1) is 11.6 Å². The van der Waals surface area contributed by atoms with Gasteiger partial charge in [0, 0.05) is 18.8 Å². The number of hydrogen-bond acceptors (Lipinski definition) is 4. The molecule has 0 aromatic heterocycles. The van der Waals surface area contributed by atoms with E-state index in [0.29, 0.717) is 0 Å². The van der Waals surface area contributed by atoms with Gasteiger partial charge in [0.05, 0.1) is 17.0 Å². The Morgan fingerprint density at radius 3 is 2.87 bits per heavy atom. The van der Waals surface area contributed by atoms with E-state index >= 15 is 0 Å². The summed E-state index contributed by atoms with van der Waals surface area (Å²) >= 11 is 0. The van der Waals surface area contributed by atoms with Gasteiger partial charge in [0.1, 0.15) is 11.6 Å². The van der Waals surface area contributed by atoms with Gasteiger partial charge in [-0.05, 0) is 24.3 Å². The second-order valence-electron chi connectivity index (χ2n) is 4.89. The van der Waals surface area contributed by atoms with Gasteiger partial charge in [-0.1, -0.05) is 0 Å². The summed E-state index contributed by atoms with van der Waals surface area (Å²) in [5.41, 5.74) is -0.379. The molecular formula is C14H11F2N3O3S. The molecular weight excluding hydrogens is 328 g/mol. The average Bonchev–Trinajstić information content (AvgIpc) is 2.49. The van der Waals surface area contributed by atoms with Crippen LogP contribution < -0.4 is 5.32 Å². The number of sulfonamides is 1. The smallest absolute Gasteiger partial charge is 0.259 e. The minimum Gasteiger partial charge on any atom is -0.331 e. The first-order valence-electron chi connectivity index (χ1n) is 6.60. The summed E-state index contributed by atoms with van der Waals surface area (Å²) in [6, 6.07) is 2.64. The van der Waals surface area contributed by atoms with Crippen LogP contribution in [-0.4, -0.2) is 37.4 Å². The molecule has 1 amide bonds. The van der Waals surface area contributed by atoms with E-state index in [4.69, 9.17) is 0 Å². The lowest BCUT2D eigenvalue weighted by Crippen LogP contribution is -2.40. The molecule has 0 fully saturated rings. The number of carbonyl (C=O) groups is 1. The fraction of sp³-hybridized carbons (Fsp3) is 0.143. The molecule has 3 rings (SSSR count). The zero-order valence-corrected chi connectivity index (χ0v) is 12.5. The zero-order chi connectivity index (χ0) is 16.6. The summed E-state index contributed by atoms with van der Waals surface area (Å²) in [4.78, 5) is 13.8. The standard InChI is InChI=1S/C14H11F2N3O3S/c15-9-3-4-11(16)12(8-9)17-14(20)10-2-1-5-19-6-7-23(21,22)18-13(10)19/h1-5,8H,6-7H2,(H,17,20). The number of fused-ring (bicyclic) bond motifs is 1. The fourth-order valence-electron chi connectivity index (χ4n) is 2.18. The number of rotatable bonds is 2. The number of nitrogens with one attached hydrogen (secondary N) is 1. The van der Waals surface area contributed by atoms with Crippen LogP contribution in [0.15, 0.2) is 46.5 Å². The van der Waals surface area contributed by atoms with Crippen molar-refractivity contribution in [1.29, 1.82) is 0 Å². The molecule has 2 aliphatic heterocycles. The Bertz CT molecular complexity index is 875. The van der Waals surface area contributed by atoms with Crippen molar-refractivity contribution in [1.82, 2.24) is 4.90 Å². The van der Waals surface area contributed by atoms with Gasteiger partial charge < -0.3 is 10.2 Å². The van der Waals surface area contributed by atoms with Crippen molar-refractivity contribution >= 4 is 27.5 Å². The van der Waals surface area contributed by atoms with Crippen LogP contribution in [-0.2, 0) is 14.8 Å². The van der Waals surface area contributed by atoms with Gasteiger partial charge in [0.2, 0.25) is 0 Å². The SMILES string of the molecule is O=C(Nc1cc(F)ccc1F)C1=CC=CN2CCS(=O)(=O)N=C12. The molecule has 0 radical (unpaired) electrons. The number of anilines is 1. The van der Waals surface area contributed by atoms with Gasteiger partial charge >= 0.3 is 0 Å². The number of amides is 1. The van der Waals surface area contributed by atoms with Crippen molar-refractivity contribution in [2.45, 2.75) is 0 Å². The normalized spacial score (nSPS) is 18.8. The predicted molar refractivity (Wildman–Crippen MR) is 80.1 cm³/mol. The highest BCUT2D eigenvalue weighted by molar-refractivity contribution is 7.90. The van der Waals surface area contributed by atoms with Crippen LogP contribution in [0.3, 0.4) is 0 Å². The lowest BCUT2D eigenvalue weighted by atomic mass is 10.1. The summed E-state index contributed by atoms with van der Waals surface area (Å²) < 4.78 is 53.6. The highest BCUT2D eigenvalue weighted by atomic mass is 32.2. The fourth-order valence-corrected chi connectivity index (χ4v) is 3.16. The van der Waals surface area contributed by atoms with E-state index in [9.17, 15) is 22.0 Å². The molecule has 120 valence electrons. The summed E-state index contributed by atoms with van der Waals surface area (Å²) in [5.74, 6) is -2.48. The Balaban J connectivity index is 1.92. The highest BCUT2D eigenvalue weighted by Crippen LogP contribution is 2.21. The molecule has 2 aliphatic rings. The number of halogens is 2. The molecule has 1 aromatic rings. The Hall–Kier alpha value is -2.55. The first-order chi connectivity index (χ1) is 10.9. The molecule has 0 saturated heterocycles. The van der Waals surface area contributed by atoms with Crippen molar-refractivity contribution in [3.8, 4) is 0 Å². The third kappa shape index (κ3) is 3.14. The van der Waals surface area contributed by atoms with Crippen LogP contribution in [0.5, 0.6) is 0 Å². The Labute approximate surface area is 130 Å². The van der Waals surface area contributed by atoms with Crippen molar-refractivity contribution in [3.05, 3.63) is 53.8 Å². The Morgan fingerprint density at radius 2 is 2.09 bits per heavy atom. The van der Waals surface area contributed by atoms with Gasteiger partial charge in [0.25, 0.3) is 15.9 Å². The van der Waals surface area contributed by atoms with Crippen LogP contribution >= 0.6 is 0 Å². The van der Waals surface area contributed by atoms with Crippen molar-refractivity contribution < 1.29 is 22.0 Å². The van der Waals surface area contributed by atoms with Gasteiger partial charge in [-0.15, -0.1) is 4.40 Å². The summed E-state index contributed by atoms with van der Waals surface area (Å²) in [7, 11) is -3.65. The van der Waals surface area contributed by atoms with Gasteiger partial charge in [-0.25, -0.2) is 17.2 Å². The van der Waals surface area contributed by atoms with Crippen molar-refractivity contribution in [3.63, 3.8) is 0 Å². The van der Waals surface area contributed by atoms with Crippen LogP contribution in [0.4, 0.5) is 14.5 Å². The average molecular weight is 339 g/mol. The number of amidine groups is 1. The third-order valence-corrected chi connectivity index (χ3v) is 4.43. The number of carbonyl (C=O) groups excluding carboxylic acids is 1. The van der Waals surface area contributed by atoms with E-state index in [0.717, 1.165) is 18.2 Å². The second kappa shape index (κ2) is 5.58. The maximum Gasteiger partial charge on any atom is 0.259 e. The minimum absolute atomic E-state index is 0.0342. The zero-order valence-electron chi connectivity index (χ0n) is 11.7. The van der Waals surface area contributed by atoms with E-state index in [2.05, 4.69) is 9.71 Å². The molecule has 0 aliphatic carbocycles. The monoisotopic (exact) mass is 339 g/mol. The Morgan fingerprint density at radius 1 is 1.30 bits per heavy atom. The molecule has 2 heterocycles. The lowest BCUT2D eigenvalue weighted by Gasteiger charge is -2.28. The molecule has 1 N–H and O–H groups in total. The summed E-state index contributed by atoms with van der Waals surface area (Å²) in [5, 5.41) is 2.22. The topological polar surface area (TPSA) is 78.8 Å². The number of nitrogens with zero attached hydrogens (tertiary/aromatic N) is 2. The van der Waals surface area contributed by atoms with Gasteiger partial charge in [0.15, 0.2) is 5.84 Å². The van der Waals surface area contributed by atoms with Crippen LogP contribution in [0.25, 0.3) is 0 Å². The van der Waals surface area contributed by atoms with E-state index < -0.39 is 27.6 Å². The molecule has 0 unspecified atom stereocenters. The van der Waals surface area contributed by atoms with Crippen LogP contribution in [0.2, 0.25) is 0 Å². The minimum atomic E-state index is -3.65. The van der Waals surface area contributed by atoms with Gasteiger partial charge in [-0.2, -0.15) is 0 Å². The highest BCUT2D eigenvalue weighted by Gasteiger charge is 2.30. The number of hydrogen-bond donors (Lipinski definition) is 1. The molecule has 6 nitrogen and oxygen atoms in total. The lowest BCUT2D eigenvalue weighted by molar-refractivity contribution is -0.112. The summed E-state index contributed by atoms with van der Waals surface area (Å²) in [6.07, 6.45) is 4.50. The Kier molecular flexibility index (Phi) is 3.72. The first-order valence-corrected chi connectivity index (χ1v) is 8.21. The maximum absolute atomic E-state index is 13.6. The second-order valence-corrected chi connectivity index (χ2v) is 6.65. The first kappa shape index (κ1) is 15.3. The molecule has 0 spiro atoms. The molecule has 9 heteroatoms. The quantitative estimate of drug-likeness (QED) is 0.883. The molecule has 0 atom stereocenters. The largest absolute Gasteiger partial charge is 0.331 e. The van der Waals surface area contributed by atoms with E-state index in [1.165, 1.54) is 11.0 Å². The molecule has 0 bridgehead atoms. The number of allylic oxidation sites excluding steroid dienone is 2. The van der Waals surface area contributed by atoms with Crippen molar-refractivity contribution in [2.24, 2.45) is 4.40 Å². The number of benzene rings is 1. The van der Waals surface area contributed by atoms with E-state index in [-0.39, 0.29) is 29.4 Å². The van der Waals surface area contributed by atoms with Crippen LogP contribution in [0.1, 0.15) is 0 Å². The maximum atomic E-state index is 13.6. The van der Waals surface area contributed by atoms with Gasteiger partial charge in [-0.3, -0.25) is 4.79 Å². The summed E-state index contributed by atoms with van der Waals surface area (Å²) in [6.45, 7) is 0.163. The van der Waals surface area contributed by atoms with E-state index in [1.807, 2.05) is 0 Å². The molecule has 0 saturated carbocycles. The molecule has 1 aromatic carbocycles.